The van der Waals surface area contributed by atoms with E-state index in [1.807, 2.05) is 6.92 Å². The van der Waals surface area contributed by atoms with Gasteiger partial charge < -0.3 is 15.0 Å². The first kappa shape index (κ1) is 12.2. The van der Waals surface area contributed by atoms with Crippen molar-refractivity contribution in [1.82, 2.24) is 4.90 Å². The summed E-state index contributed by atoms with van der Waals surface area (Å²) >= 11 is 0. The third-order valence-corrected chi connectivity index (χ3v) is 2.99. The molecule has 3 nitrogen and oxygen atoms in total. The van der Waals surface area contributed by atoms with Crippen LogP contribution in [0.5, 0.6) is 5.75 Å². The molecule has 94 valence electrons. The lowest BCUT2D eigenvalue weighted by Crippen LogP contribution is -2.23. The maximum Gasteiger partial charge on any atom is 0.145 e. The first-order chi connectivity index (χ1) is 8.19. The number of benzene rings is 1. The minimum Gasteiger partial charge on any atom is -0.492 e. The normalized spacial score (nSPS) is 20.5. The van der Waals surface area contributed by atoms with Gasteiger partial charge in [-0.3, -0.25) is 0 Å². The number of nitrogens with one attached hydrogen (secondary N) is 1. The fourth-order valence-electron chi connectivity index (χ4n) is 2.16. The molecule has 0 aromatic heterocycles. The molecule has 2 rings (SSSR count). The van der Waals surface area contributed by atoms with Crippen LogP contribution in [0.1, 0.15) is 13.3 Å². The van der Waals surface area contributed by atoms with Crippen molar-refractivity contribution in [2.45, 2.75) is 19.4 Å². The average molecular weight is 238 g/mol. The predicted molar refractivity (Wildman–Crippen MR) is 67.1 cm³/mol. The zero-order valence-corrected chi connectivity index (χ0v) is 10.4. The Bertz CT molecular complexity index is 384. The minimum absolute atomic E-state index is 0.262. The Morgan fingerprint density at radius 2 is 2.35 bits per heavy atom. The average Bonchev–Trinajstić information content (AvgIpc) is 2.69. The number of ether oxygens (including phenoxy) is 1. The number of hydrogen-bond acceptors (Lipinski definition) is 3. The van der Waals surface area contributed by atoms with Gasteiger partial charge >= 0.3 is 0 Å². The molecule has 0 spiro atoms. The van der Waals surface area contributed by atoms with E-state index < -0.39 is 0 Å². The zero-order chi connectivity index (χ0) is 12.3. The molecule has 0 radical (unpaired) electrons. The highest BCUT2D eigenvalue weighted by Gasteiger charge is 2.20. The molecule has 0 amide bonds. The molecule has 1 fully saturated rings. The number of hydrogen-bond donors (Lipinski definition) is 1. The largest absolute Gasteiger partial charge is 0.492 e. The maximum atomic E-state index is 13.1. The van der Waals surface area contributed by atoms with Gasteiger partial charge in [0.05, 0.1) is 12.3 Å². The van der Waals surface area contributed by atoms with Crippen molar-refractivity contribution < 1.29 is 9.13 Å². The van der Waals surface area contributed by atoms with Crippen molar-refractivity contribution in [2.75, 3.05) is 32.1 Å². The van der Waals surface area contributed by atoms with E-state index in [1.165, 1.54) is 12.1 Å². The SMILES string of the molecule is CCOc1cc(F)ccc1NC1CCN(C)C1. The highest BCUT2D eigenvalue weighted by molar-refractivity contribution is 5.57. The number of rotatable bonds is 4. The van der Waals surface area contributed by atoms with Crippen LogP contribution in [0.15, 0.2) is 18.2 Å². The number of halogens is 1. The Hall–Kier alpha value is -1.29. The predicted octanol–water partition coefficient (Wildman–Crippen LogP) is 2.34. The number of likely N-dealkylation sites (N-methyl/N-ethyl adjacent to an activating group) is 1. The van der Waals surface area contributed by atoms with Crippen LogP contribution in [0.25, 0.3) is 0 Å². The molecule has 1 aliphatic heterocycles. The number of anilines is 1. The van der Waals surface area contributed by atoms with E-state index in [0.29, 0.717) is 18.4 Å². The summed E-state index contributed by atoms with van der Waals surface area (Å²) in [5, 5.41) is 3.42. The van der Waals surface area contributed by atoms with Crippen LogP contribution in [0.2, 0.25) is 0 Å². The Balaban J connectivity index is 2.08. The van der Waals surface area contributed by atoms with Crippen LogP contribution in [-0.2, 0) is 0 Å². The molecule has 1 atom stereocenters. The summed E-state index contributed by atoms with van der Waals surface area (Å²) in [7, 11) is 2.11. The lowest BCUT2D eigenvalue weighted by Gasteiger charge is -2.17. The molecule has 1 unspecified atom stereocenters. The van der Waals surface area contributed by atoms with E-state index >= 15 is 0 Å². The van der Waals surface area contributed by atoms with Crippen LogP contribution in [-0.4, -0.2) is 37.7 Å². The molecule has 17 heavy (non-hydrogen) atoms. The van der Waals surface area contributed by atoms with Gasteiger partial charge in [-0.1, -0.05) is 0 Å². The van der Waals surface area contributed by atoms with Crippen molar-refractivity contribution in [3.05, 3.63) is 24.0 Å². The van der Waals surface area contributed by atoms with E-state index in [9.17, 15) is 4.39 Å². The third kappa shape index (κ3) is 3.09. The van der Waals surface area contributed by atoms with Gasteiger partial charge in [-0.05, 0) is 39.1 Å². The smallest absolute Gasteiger partial charge is 0.145 e. The van der Waals surface area contributed by atoms with Crippen molar-refractivity contribution in [3.63, 3.8) is 0 Å². The summed E-state index contributed by atoms with van der Waals surface area (Å²) < 4.78 is 18.6. The maximum absolute atomic E-state index is 13.1. The zero-order valence-electron chi connectivity index (χ0n) is 10.4. The topological polar surface area (TPSA) is 24.5 Å². The summed E-state index contributed by atoms with van der Waals surface area (Å²) in [6, 6.07) is 5.07. The van der Waals surface area contributed by atoms with Crippen LogP contribution < -0.4 is 10.1 Å². The number of nitrogens with zero attached hydrogens (tertiary/aromatic N) is 1. The van der Waals surface area contributed by atoms with Gasteiger partial charge in [0.2, 0.25) is 0 Å². The summed E-state index contributed by atoms with van der Waals surface area (Å²) in [6.45, 7) is 4.56. The first-order valence-electron chi connectivity index (χ1n) is 6.06. The molecule has 1 N–H and O–H groups in total. The van der Waals surface area contributed by atoms with Crippen molar-refractivity contribution >= 4 is 5.69 Å². The summed E-state index contributed by atoms with van der Waals surface area (Å²) in [6.07, 6.45) is 1.11. The summed E-state index contributed by atoms with van der Waals surface area (Å²) in [5.41, 5.74) is 0.883. The monoisotopic (exact) mass is 238 g/mol. The lowest BCUT2D eigenvalue weighted by molar-refractivity contribution is 0.339. The van der Waals surface area contributed by atoms with Gasteiger partial charge in [0.15, 0.2) is 0 Å². The molecular formula is C13H19FN2O. The minimum atomic E-state index is -0.262. The van der Waals surface area contributed by atoms with Gasteiger partial charge in [0.25, 0.3) is 0 Å². The lowest BCUT2D eigenvalue weighted by atomic mass is 10.2. The summed E-state index contributed by atoms with van der Waals surface area (Å²) in [5.74, 6) is 0.338. The molecular weight excluding hydrogens is 219 g/mol. The molecule has 1 aromatic carbocycles. The second kappa shape index (κ2) is 5.36. The van der Waals surface area contributed by atoms with Gasteiger partial charge in [0, 0.05) is 18.7 Å². The Labute approximate surface area is 102 Å². The Morgan fingerprint density at radius 1 is 1.53 bits per heavy atom. The highest BCUT2D eigenvalue weighted by Crippen LogP contribution is 2.27. The first-order valence-corrected chi connectivity index (χ1v) is 6.06. The standard InChI is InChI=1S/C13H19FN2O/c1-3-17-13-8-10(14)4-5-12(13)15-11-6-7-16(2)9-11/h4-5,8,11,15H,3,6-7,9H2,1-2H3. The van der Waals surface area contributed by atoms with E-state index in [2.05, 4.69) is 17.3 Å². The van der Waals surface area contributed by atoms with Crippen LogP contribution in [0.4, 0.5) is 10.1 Å². The molecule has 1 aliphatic rings. The highest BCUT2D eigenvalue weighted by atomic mass is 19.1. The quantitative estimate of drug-likeness (QED) is 0.871. The van der Waals surface area contributed by atoms with Gasteiger partial charge in [-0.25, -0.2) is 4.39 Å². The fourth-order valence-corrected chi connectivity index (χ4v) is 2.16. The third-order valence-electron chi connectivity index (χ3n) is 2.99. The van der Waals surface area contributed by atoms with Gasteiger partial charge in [0.1, 0.15) is 11.6 Å². The molecule has 0 aliphatic carbocycles. The van der Waals surface area contributed by atoms with E-state index in [1.54, 1.807) is 6.07 Å². The van der Waals surface area contributed by atoms with E-state index in [-0.39, 0.29) is 5.82 Å². The molecule has 0 bridgehead atoms. The second-order valence-corrected chi connectivity index (χ2v) is 4.47. The number of likely N-dealkylation sites (tertiary alicyclic amines) is 1. The van der Waals surface area contributed by atoms with Gasteiger partial charge in [-0.2, -0.15) is 0 Å². The molecule has 0 saturated carbocycles. The Morgan fingerprint density at radius 3 is 3.00 bits per heavy atom. The van der Waals surface area contributed by atoms with Crippen LogP contribution in [0, 0.1) is 5.82 Å². The van der Waals surface area contributed by atoms with E-state index in [4.69, 9.17) is 4.74 Å². The van der Waals surface area contributed by atoms with Crippen LogP contribution in [0.3, 0.4) is 0 Å². The summed E-state index contributed by atoms with van der Waals surface area (Å²) in [4.78, 5) is 2.28. The Kier molecular flexibility index (Phi) is 3.84. The fraction of sp³-hybridized carbons (Fsp3) is 0.538. The second-order valence-electron chi connectivity index (χ2n) is 4.47. The van der Waals surface area contributed by atoms with Crippen molar-refractivity contribution in [1.29, 1.82) is 0 Å². The van der Waals surface area contributed by atoms with Crippen LogP contribution >= 0.6 is 0 Å². The molecule has 1 aromatic rings. The molecule has 4 heteroatoms. The molecule has 1 heterocycles. The molecule has 1 saturated heterocycles. The van der Waals surface area contributed by atoms with Crippen molar-refractivity contribution in [3.8, 4) is 5.75 Å². The van der Waals surface area contributed by atoms with Crippen molar-refractivity contribution in [2.24, 2.45) is 0 Å². The van der Waals surface area contributed by atoms with Gasteiger partial charge in [-0.15, -0.1) is 0 Å². The van der Waals surface area contributed by atoms with E-state index in [0.717, 1.165) is 25.2 Å².